The number of hydrogen-bond acceptors (Lipinski definition) is 4. The van der Waals surface area contributed by atoms with Crippen LogP contribution in [0.2, 0.25) is 0 Å². The van der Waals surface area contributed by atoms with E-state index in [1.54, 1.807) is 0 Å². The molecule has 3 aromatic carbocycles. The average molecular weight is 492 g/mol. The Morgan fingerprint density at radius 3 is 2.26 bits per heavy atom. The third kappa shape index (κ3) is 6.06. The summed E-state index contributed by atoms with van der Waals surface area (Å²) in [5.74, 6) is 0.850. The number of β-amino-alcohol motifs (C(OH)–C–C–N with tert-alkyl or cyclic N) is 1. The molecule has 35 heavy (non-hydrogen) atoms. The SMILES string of the molecule is CN1CCN(C[C@@H](O)[C@H](c2ccccc2)n2ccc3cc(OCc4ccccc4)ccc32)CC1.Cl. The number of hydrogen-bond donors (Lipinski definition) is 1. The van der Waals surface area contributed by atoms with Crippen LogP contribution in [0.1, 0.15) is 17.2 Å². The van der Waals surface area contributed by atoms with Gasteiger partial charge in [0, 0.05) is 49.8 Å². The highest BCUT2D eigenvalue weighted by Gasteiger charge is 2.27. The van der Waals surface area contributed by atoms with Gasteiger partial charge in [0.1, 0.15) is 12.4 Å². The van der Waals surface area contributed by atoms with Crippen LogP contribution in [0.3, 0.4) is 0 Å². The summed E-state index contributed by atoms with van der Waals surface area (Å²) in [6.45, 7) is 5.27. The third-order valence-electron chi connectivity index (χ3n) is 6.79. The van der Waals surface area contributed by atoms with Crippen molar-refractivity contribution in [2.24, 2.45) is 0 Å². The molecule has 184 valence electrons. The topological polar surface area (TPSA) is 40.9 Å². The van der Waals surface area contributed by atoms with Gasteiger partial charge >= 0.3 is 0 Å². The summed E-state index contributed by atoms with van der Waals surface area (Å²) >= 11 is 0. The Bertz CT molecular complexity index is 1190. The van der Waals surface area contributed by atoms with Crippen molar-refractivity contribution in [2.75, 3.05) is 39.8 Å². The second kappa shape index (κ2) is 11.7. The first-order valence-electron chi connectivity index (χ1n) is 12.1. The Morgan fingerprint density at radius 1 is 0.857 bits per heavy atom. The lowest BCUT2D eigenvalue weighted by Crippen LogP contribution is -2.48. The summed E-state index contributed by atoms with van der Waals surface area (Å²) in [5, 5.41) is 12.6. The minimum absolute atomic E-state index is 0. The van der Waals surface area contributed by atoms with E-state index in [1.807, 2.05) is 42.5 Å². The fraction of sp³-hybridized carbons (Fsp3) is 0.310. The number of likely N-dealkylation sites (N-methyl/N-ethyl adjacent to an activating group) is 1. The molecule has 1 saturated heterocycles. The molecule has 6 heteroatoms. The lowest BCUT2D eigenvalue weighted by atomic mass is 10.00. The maximum atomic E-state index is 11.5. The molecule has 2 heterocycles. The molecule has 5 nitrogen and oxygen atoms in total. The quantitative estimate of drug-likeness (QED) is 0.383. The Balaban J connectivity index is 0.00000289. The van der Waals surface area contributed by atoms with Crippen LogP contribution in [0.15, 0.2) is 91.1 Å². The maximum Gasteiger partial charge on any atom is 0.120 e. The Morgan fingerprint density at radius 2 is 1.54 bits per heavy atom. The summed E-state index contributed by atoms with van der Waals surface area (Å²) in [7, 11) is 2.16. The van der Waals surface area contributed by atoms with E-state index >= 15 is 0 Å². The number of halogens is 1. The number of fused-ring (bicyclic) bond motifs is 1. The molecule has 0 unspecified atom stereocenters. The number of ether oxygens (including phenoxy) is 1. The number of piperazine rings is 1. The number of rotatable bonds is 8. The van der Waals surface area contributed by atoms with Crippen LogP contribution < -0.4 is 4.74 Å². The predicted octanol–water partition coefficient (Wildman–Crippen LogP) is 4.84. The van der Waals surface area contributed by atoms with Crippen LogP contribution in [0.25, 0.3) is 10.9 Å². The van der Waals surface area contributed by atoms with Crippen LogP contribution in [0.5, 0.6) is 5.75 Å². The molecule has 0 spiro atoms. The van der Waals surface area contributed by atoms with Crippen molar-refractivity contribution < 1.29 is 9.84 Å². The number of aromatic nitrogens is 1. The Kier molecular flexibility index (Phi) is 8.47. The van der Waals surface area contributed by atoms with E-state index in [0.717, 1.165) is 54.0 Å². The molecule has 4 aromatic rings. The number of benzene rings is 3. The van der Waals surface area contributed by atoms with Crippen LogP contribution in [0, 0.1) is 0 Å². The van der Waals surface area contributed by atoms with E-state index in [0.29, 0.717) is 13.2 Å². The van der Waals surface area contributed by atoms with Gasteiger partial charge in [0.25, 0.3) is 0 Å². The smallest absolute Gasteiger partial charge is 0.120 e. The molecule has 5 rings (SSSR count). The zero-order valence-corrected chi connectivity index (χ0v) is 21.0. The predicted molar refractivity (Wildman–Crippen MR) is 144 cm³/mol. The normalized spacial score (nSPS) is 16.5. The van der Waals surface area contributed by atoms with Gasteiger partial charge in [-0.15, -0.1) is 12.4 Å². The molecule has 1 aromatic heterocycles. The third-order valence-corrected chi connectivity index (χ3v) is 6.79. The summed E-state index contributed by atoms with van der Waals surface area (Å²) in [6.07, 6.45) is 1.58. The van der Waals surface area contributed by atoms with E-state index in [-0.39, 0.29) is 18.4 Å². The lowest BCUT2D eigenvalue weighted by molar-refractivity contribution is 0.0594. The van der Waals surface area contributed by atoms with Crippen molar-refractivity contribution in [3.05, 3.63) is 102 Å². The summed E-state index contributed by atoms with van der Waals surface area (Å²) in [6, 6.07) is 28.7. The zero-order valence-electron chi connectivity index (χ0n) is 20.2. The lowest BCUT2D eigenvalue weighted by Gasteiger charge is -2.36. The molecule has 2 atom stereocenters. The molecule has 0 saturated carbocycles. The summed E-state index contributed by atoms with van der Waals surface area (Å²) < 4.78 is 8.26. The summed E-state index contributed by atoms with van der Waals surface area (Å²) in [5.41, 5.74) is 3.36. The molecule has 0 amide bonds. The van der Waals surface area contributed by atoms with Crippen molar-refractivity contribution in [1.29, 1.82) is 0 Å². The molecule has 1 aliphatic heterocycles. The monoisotopic (exact) mass is 491 g/mol. The van der Waals surface area contributed by atoms with E-state index in [1.165, 1.54) is 0 Å². The summed E-state index contributed by atoms with van der Waals surface area (Å²) in [4.78, 5) is 4.72. The fourth-order valence-corrected chi connectivity index (χ4v) is 4.83. The van der Waals surface area contributed by atoms with Crippen LogP contribution in [-0.2, 0) is 6.61 Å². The van der Waals surface area contributed by atoms with Gasteiger partial charge in [0.15, 0.2) is 0 Å². The van der Waals surface area contributed by atoms with Crippen LogP contribution in [-0.4, -0.2) is 65.3 Å². The molecule has 0 bridgehead atoms. The van der Waals surface area contributed by atoms with Gasteiger partial charge in [-0.2, -0.15) is 0 Å². The second-order valence-corrected chi connectivity index (χ2v) is 9.24. The average Bonchev–Trinajstić information content (AvgIpc) is 3.28. The van der Waals surface area contributed by atoms with Gasteiger partial charge < -0.3 is 19.3 Å². The molecular weight excluding hydrogens is 458 g/mol. The maximum absolute atomic E-state index is 11.5. The molecule has 0 radical (unpaired) electrons. The van der Waals surface area contributed by atoms with Gasteiger partial charge in [-0.1, -0.05) is 60.7 Å². The molecule has 1 N–H and O–H groups in total. The number of aliphatic hydroxyl groups is 1. The first kappa shape index (κ1) is 25.3. The van der Waals surface area contributed by atoms with Crippen molar-refractivity contribution in [2.45, 2.75) is 18.8 Å². The van der Waals surface area contributed by atoms with Gasteiger partial charge in [0.05, 0.1) is 12.1 Å². The van der Waals surface area contributed by atoms with E-state index in [4.69, 9.17) is 4.74 Å². The molecular formula is C29H34ClN3O2. The standard InChI is InChI=1S/C29H33N3O2.ClH/c1-30-16-18-31(19-17-30)21-28(33)29(24-10-6-3-7-11-24)32-15-14-25-20-26(12-13-27(25)32)34-22-23-8-4-2-5-9-23;/h2-15,20,28-29,33H,16-19,21-22H2,1H3;1H/t28-,29+;/m1./s1. The van der Waals surface area contributed by atoms with E-state index in [9.17, 15) is 5.11 Å². The van der Waals surface area contributed by atoms with E-state index in [2.05, 4.69) is 70.1 Å². The van der Waals surface area contributed by atoms with Crippen LogP contribution in [0.4, 0.5) is 0 Å². The Hall–Kier alpha value is -2.83. The van der Waals surface area contributed by atoms with E-state index < -0.39 is 6.10 Å². The van der Waals surface area contributed by atoms with Gasteiger partial charge in [-0.3, -0.25) is 4.90 Å². The van der Waals surface area contributed by atoms with Gasteiger partial charge in [-0.25, -0.2) is 0 Å². The first-order valence-corrected chi connectivity index (χ1v) is 12.1. The Labute approximate surface area is 214 Å². The van der Waals surface area contributed by atoms with Crippen molar-refractivity contribution in [1.82, 2.24) is 14.4 Å². The zero-order chi connectivity index (χ0) is 23.3. The molecule has 1 aliphatic rings. The largest absolute Gasteiger partial charge is 0.489 e. The highest BCUT2D eigenvalue weighted by molar-refractivity contribution is 5.85. The number of nitrogens with zero attached hydrogens (tertiary/aromatic N) is 3. The van der Waals surface area contributed by atoms with Gasteiger partial charge in [0.2, 0.25) is 0 Å². The van der Waals surface area contributed by atoms with Crippen LogP contribution >= 0.6 is 12.4 Å². The van der Waals surface area contributed by atoms with Crippen molar-refractivity contribution in [3.63, 3.8) is 0 Å². The molecule has 0 aliphatic carbocycles. The van der Waals surface area contributed by atoms with Crippen molar-refractivity contribution >= 4 is 23.3 Å². The van der Waals surface area contributed by atoms with Gasteiger partial charge in [-0.05, 0) is 42.4 Å². The highest BCUT2D eigenvalue weighted by atomic mass is 35.5. The minimum atomic E-state index is -0.518. The number of aliphatic hydroxyl groups excluding tert-OH is 1. The molecule has 1 fully saturated rings. The van der Waals surface area contributed by atoms with Crippen molar-refractivity contribution in [3.8, 4) is 5.75 Å². The minimum Gasteiger partial charge on any atom is -0.489 e. The fourth-order valence-electron chi connectivity index (χ4n) is 4.83. The second-order valence-electron chi connectivity index (χ2n) is 9.24. The first-order chi connectivity index (χ1) is 16.7. The highest BCUT2D eigenvalue weighted by Crippen LogP contribution is 2.30.